The zero-order chi connectivity index (χ0) is 18.1. The number of aliphatic carboxylic acids is 1. The van der Waals surface area contributed by atoms with Crippen molar-refractivity contribution < 1.29 is 9.90 Å². The number of allylic oxidation sites excluding steroid dienone is 1. The summed E-state index contributed by atoms with van der Waals surface area (Å²) in [5.41, 5.74) is 4.00. The van der Waals surface area contributed by atoms with Crippen LogP contribution in [0, 0.1) is 11.8 Å². The lowest BCUT2D eigenvalue weighted by Gasteiger charge is -2.11. The Morgan fingerprint density at radius 3 is 2.44 bits per heavy atom. The van der Waals surface area contributed by atoms with Gasteiger partial charge < -0.3 is 5.11 Å². The summed E-state index contributed by atoms with van der Waals surface area (Å²) in [6.45, 7) is 0.515. The van der Waals surface area contributed by atoms with Gasteiger partial charge in [0.2, 0.25) is 0 Å². The van der Waals surface area contributed by atoms with Gasteiger partial charge in [-0.25, -0.2) is 0 Å². The van der Waals surface area contributed by atoms with Crippen LogP contribution < -0.4 is 0 Å². The normalized spacial score (nSPS) is 11.1. The van der Waals surface area contributed by atoms with E-state index in [1.807, 2.05) is 60.7 Å². The molecule has 128 valence electrons. The van der Waals surface area contributed by atoms with E-state index < -0.39 is 5.97 Å². The number of hydrogen-bond acceptors (Lipinski definition) is 3. The summed E-state index contributed by atoms with van der Waals surface area (Å²) in [5, 5.41) is 8.87. The van der Waals surface area contributed by atoms with Crippen molar-refractivity contribution >= 4 is 24.2 Å². The lowest BCUT2D eigenvalue weighted by atomic mass is 10.0. The molecule has 4 heteroatoms. The molecule has 0 aromatic heterocycles. The van der Waals surface area contributed by atoms with Crippen molar-refractivity contribution in [1.82, 2.24) is 4.90 Å². The van der Waals surface area contributed by atoms with Crippen LogP contribution >= 0.6 is 12.6 Å². The summed E-state index contributed by atoms with van der Waals surface area (Å²) in [7, 11) is 1.77. The van der Waals surface area contributed by atoms with Crippen LogP contribution in [0.3, 0.4) is 0 Å². The van der Waals surface area contributed by atoms with Crippen molar-refractivity contribution in [1.29, 1.82) is 0 Å². The van der Waals surface area contributed by atoms with Crippen molar-refractivity contribution in [2.45, 2.75) is 5.75 Å². The minimum atomic E-state index is -0.840. The van der Waals surface area contributed by atoms with Gasteiger partial charge in [0.15, 0.2) is 0 Å². The Balaban J connectivity index is 2.23. The summed E-state index contributed by atoms with van der Waals surface area (Å²) in [6.07, 6.45) is 1.97. The third-order valence-electron chi connectivity index (χ3n) is 3.58. The monoisotopic (exact) mass is 351 g/mol. The van der Waals surface area contributed by atoms with Crippen molar-refractivity contribution in [3.8, 4) is 11.8 Å². The van der Waals surface area contributed by atoms with Gasteiger partial charge in [-0.15, -0.1) is 0 Å². The lowest BCUT2D eigenvalue weighted by molar-refractivity contribution is -0.137. The molecule has 0 spiro atoms. The molecule has 0 aliphatic heterocycles. The first kappa shape index (κ1) is 18.9. The third kappa shape index (κ3) is 6.50. The van der Waals surface area contributed by atoms with Gasteiger partial charge in [-0.2, -0.15) is 12.6 Å². The highest BCUT2D eigenvalue weighted by Gasteiger charge is 2.03. The Bertz CT molecular complexity index is 786. The molecular weight excluding hydrogens is 330 g/mol. The van der Waals surface area contributed by atoms with Crippen LogP contribution in [0.1, 0.15) is 16.7 Å². The number of hydrogen-bond donors (Lipinski definition) is 2. The van der Waals surface area contributed by atoms with Gasteiger partial charge in [-0.1, -0.05) is 60.4 Å². The molecule has 0 fully saturated rings. The van der Waals surface area contributed by atoms with Crippen LogP contribution in [0.15, 0.2) is 60.7 Å². The number of carbonyl (C=O) groups is 1. The fraction of sp³-hybridized carbons (Fsp3) is 0.190. The molecule has 0 saturated heterocycles. The SMILES string of the molecule is CN(CC=C(C#Cc1ccc(CS)cc1)c1ccccc1)CC(=O)O. The van der Waals surface area contributed by atoms with E-state index in [2.05, 4.69) is 24.5 Å². The predicted octanol–water partition coefficient (Wildman–Crippen LogP) is 3.57. The number of rotatable bonds is 6. The van der Waals surface area contributed by atoms with Crippen molar-refractivity contribution in [3.05, 3.63) is 77.4 Å². The predicted molar refractivity (Wildman–Crippen MR) is 106 cm³/mol. The van der Waals surface area contributed by atoms with Gasteiger partial charge in [0.05, 0.1) is 6.54 Å². The highest BCUT2D eigenvalue weighted by atomic mass is 32.1. The molecule has 0 unspecified atom stereocenters. The summed E-state index contributed by atoms with van der Waals surface area (Å²) in [5.74, 6) is 6.26. The maximum absolute atomic E-state index is 10.8. The van der Waals surface area contributed by atoms with E-state index in [0.717, 1.165) is 22.3 Å². The molecule has 0 aliphatic rings. The fourth-order valence-corrected chi connectivity index (χ4v) is 2.45. The van der Waals surface area contributed by atoms with Crippen LogP contribution in [-0.2, 0) is 10.5 Å². The first-order valence-electron chi connectivity index (χ1n) is 7.96. The van der Waals surface area contributed by atoms with Crippen LogP contribution in [0.5, 0.6) is 0 Å². The van der Waals surface area contributed by atoms with Gasteiger partial charge in [-0.05, 0) is 30.3 Å². The first-order chi connectivity index (χ1) is 12.1. The Hall–Kier alpha value is -2.48. The highest BCUT2D eigenvalue weighted by Crippen LogP contribution is 2.14. The van der Waals surface area contributed by atoms with E-state index in [1.54, 1.807) is 11.9 Å². The molecule has 0 radical (unpaired) electrons. The molecule has 2 aromatic carbocycles. The number of benzene rings is 2. The molecule has 2 aromatic rings. The Kier molecular flexibility index (Phi) is 7.34. The quantitative estimate of drug-likeness (QED) is 0.617. The second-order valence-electron chi connectivity index (χ2n) is 5.68. The molecule has 3 nitrogen and oxygen atoms in total. The fourth-order valence-electron chi connectivity index (χ4n) is 2.23. The van der Waals surface area contributed by atoms with E-state index >= 15 is 0 Å². The second kappa shape index (κ2) is 9.73. The van der Waals surface area contributed by atoms with Crippen LogP contribution in [0.25, 0.3) is 5.57 Å². The van der Waals surface area contributed by atoms with Crippen LogP contribution in [-0.4, -0.2) is 36.1 Å². The topological polar surface area (TPSA) is 40.5 Å². The average molecular weight is 351 g/mol. The van der Waals surface area contributed by atoms with Gasteiger partial charge in [0, 0.05) is 23.4 Å². The average Bonchev–Trinajstić information content (AvgIpc) is 2.62. The molecular formula is C21H21NO2S. The molecule has 0 heterocycles. The molecule has 1 N–H and O–H groups in total. The summed E-state index contributed by atoms with van der Waals surface area (Å²) in [6, 6.07) is 17.9. The van der Waals surface area contributed by atoms with E-state index in [1.165, 1.54) is 0 Å². The minimum absolute atomic E-state index is 0.00279. The number of nitrogens with zero attached hydrogens (tertiary/aromatic N) is 1. The number of thiol groups is 1. The van der Waals surface area contributed by atoms with Crippen LogP contribution in [0.4, 0.5) is 0 Å². The maximum atomic E-state index is 10.8. The Morgan fingerprint density at radius 1 is 1.16 bits per heavy atom. The molecule has 2 rings (SSSR count). The van der Waals surface area contributed by atoms with Crippen LogP contribution in [0.2, 0.25) is 0 Å². The zero-order valence-corrected chi connectivity index (χ0v) is 15.0. The standard InChI is InChI=1S/C21H21NO2S/c1-22(15-21(23)24)14-13-20(19-5-3-2-4-6-19)12-11-17-7-9-18(16-25)10-8-17/h2-10,13,25H,14-16H2,1H3,(H,23,24). The third-order valence-corrected chi connectivity index (χ3v) is 3.94. The molecule has 0 atom stereocenters. The zero-order valence-electron chi connectivity index (χ0n) is 14.1. The Morgan fingerprint density at radius 2 is 1.84 bits per heavy atom. The largest absolute Gasteiger partial charge is 0.480 e. The second-order valence-corrected chi connectivity index (χ2v) is 6.00. The maximum Gasteiger partial charge on any atom is 0.317 e. The summed E-state index contributed by atoms with van der Waals surface area (Å²) < 4.78 is 0. The Labute approximate surface area is 154 Å². The van der Waals surface area contributed by atoms with E-state index in [9.17, 15) is 4.79 Å². The van der Waals surface area contributed by atoms with Gasteiger partial charge >= 0.3 is 5.97 Å². The first-order valence-corrected chi connectivity index (χ1v) is 8.59. The summed E-state index contributed by atoms with van der Waals surface area (Å²) in [4.78, 5) is 12.5. The van der Waals surface area contributed by atoms with E-state index in [4.69, 9.17) is 5.11 Å². The van der Waals surface area contributed by atoms with E-state index in [0.29, 0.717) is 12.3 Å². The number of likely N-dealkylation sites (N-methyl/N-ethyl adjacent to an activating group) is 1. The van der Waals surface area contributed by atoms with Crippen molar-refractivity contribution in [2.75, 3.05) is 20.1 Å². The molecule has 0 saturated carbocycles. The molecule has 25 heavy (non-hydrogen) atoms. The summed E-state index contributed by atoms with van der Waals surface area (Å²) >= 11 is 4.26. The number of carboxylic acids is 1. The van der Waals surface area contributed by atoms with Gasteiger partial charge in [-0.3, -0.25) is 9.69 Å². The lowest BCUT2D eigenvalue weighted by Crippen LogP contribution is -2.25. The number of carboxylic acid groups (broad SMARTS) is 1. The van der Waals surface area contributed by atoms with Crippen molar-refractivity contribution in [3.63, 3.8) is 0 Å². The molecule has 0 aliphatic carbocycles. The van der Waals surface area contributed by atoms with Crippen molar-refractivity contribution in [2.24, 2.45) is 0 Å². The minimum Gasteiger partial charge on any atom is -0.480 e. The molecule has 0 bridgehead atoms. The molecule has 0 amide bonds. The van der Waals surface area contributed by atoms with Gasteiger partial charge in [0.1, 0.15) is 0 Å². The smallest absolute Gasteiger partial charge is 0.317 e. The van der Waals surface area contributed by atoms with Gasteiger partial charge in [0.25, 0.3) is 0 Å². The van der Waals surface area contributed by atoms with E-state index in [-0.39, 0.29) is 6.54 Å². The highest BCUT2D eigenvalue weighted by molar-refractivity contribution is 7.79.